The molecule has 0 spiro atoms. The normalized spacial score (nSPS) is 13.0. The molecule has 3 heteroatoms. The Balaban J connectivity index is 3.05. The lowest BCUT2D eigenvalue weighted by Crippen LogP contribution is -1.85. The molecular formula is C8H8F2O. The van der Waals surface area contributed by atoms with Crippen LogP contribution in [-0.4, -0.2) is 5.11 Å². The second-order valence-electron chi connectivity index (χ2n) is 2.33. The first-order chi connectivity index (χ1) is 5.11. The van der Waals surface area contributed by atoms with Gasteiger partial charge in [0.15, 0.2) is 11.6 Å². The molecule has 0 saturated carbocycles. The Kier molecular flexibility index (Phi) is 2.08. The predicted molar refractivity (Wildman–Crippen MR) is 37.6 cm³/mol. The van der Waals surface area contributed by atoms with E-state index < -0.39 is 17.7 Å². The van der Waals surface area contributed by atoms with Crippen LogP contribution in [0.2, 0.25) is 0 Å². The zero-order valence-corrected chi connectivity index (χ0v) is 6.01. The zero-order chi connectivity index (χ0) is 8.43. The SMILES string of the molecule is CC(F)c1ccc(F)c(O)c1. The molecule has 0 heterocycles. The Hall–Kier alpha value is -1.12. The van der Waals surface area contributed by atoms with E-state index in [-0.39, 0.29) is 5.56 Å². The number of halogens is 2. The summed E-state index contributed by atoms with van der Waals surface area (Å²) in [6.45, 7) is 1.33. The van der Waals surface area contributed by atoms with Crippen LogP contribution in [0.5, 0.6) is 5.75 Å². The van der Waals surface area contributed by atoms with Crippen molar-refractivity contribution in [2.75, 3.05) is 0 Å². The van der Waals surface area contributed by atoms with Gasteiger partial charge in [-0.15, -0.1) is 0 Å². The average molecular weight is 158 g/mol. The van der Waals surface area contributed by atoms with Crippen LogP contribution in [0.25, 0.3) is 0 Å². The van der Waals surface area contributed by atoms with Gasteiger partial charge in [-0.05, 0) is 24.6 Å². The molecular weight excluding hydrogens is 150 g/mol. The Labute approximate surface area is 63.3 Å². The smallest absolute Gasteiger partial charge is 0.164 e. The van der Waals surface area contributed by atoms with Crippen LogP contribution >= 0.6 is 0 Å². The van der Waals surface area contributed by atoms with Gasteiger partial charge in [-0.2, -0.15) is 0 Å². The van der Waals surface area contributed by atoms with Crippen LogP contribution in [0.1, 0.15) is 18.7 Å². The number of hydrogen-bond donors (Lipinski definition) is 1. The summed E-state index contributed by atoms with van der Waals surface area (Å²) >= 11 is 0. The summed E-state index contributed by atoms with van der Waals surface area (Å²) in [5, 5.41) is 8.81. The topological polar surface area (TPSA) is 20.2 Å². The number of benzene rings is 1. The van der Waals surface area contributed by atoms with E-state index in [0.29, 0.717) is 0 Å². The van der Waals surface area contributed by atoms with E-state index in [2.05, 4.69) is 0 Å². The standard InChI is InChI=1S/C8H8F2O/c1-5(9)6-2-3-7(10)8(11)4-6/h2-5,11H,1H3. The molecule has 1 atom stereocenters. The van der Waals surface area contributed by atoms with E-state index in [1.54, 1.807) is 0 Å². The average Bonchev–Trinajstić information content (AvgIpc) is 1.94. The molecule has 0 bridgehead atoms. The lowest BCUT2D eigenvalue weighted by molar-refractivity contribution is 0.369. The highest BCUT2D eigenvalue weighted by atomic mass is 19.1. The summed E-state index contributed by atoms with van der Waals surface area (Å²) in [5.41, 5.74) is 0.281. The number of aromatic hydroxyl groups is 1. The first-order valence-corrected chi connectivity index (χ1v) is 3.23. The number of hydrogen-bond acceptors (Lipinski definition) is 1. The van der Waals surface area contributed by atoms with E-state index in [1.807, 2.05) is 0 Å². The number of phenolic OH excluding ortho intramolecular Hbond substituents is 1. The Morgan fingerprint density at radius 2 is 2.09 bits per heavy atom. The quantitative estimate of drug-likeness (QED) is 0.665. The monoisotopic (exact) mass is 158 g/mol. The molecule has 0 fully saturated rings. The van der Waals surface area contributed by atoms with E-state index >= 15 is 0 Å². The van der Waals surface area contributed by atoms with Gasteiger partial charge in [0.1, 0.15) is 6.17 Å². The van der Waals surface area contributed by atoms with Crippen molar-refractivity contribution in [3.63, 3.8) is 0 Å². The summed E-state index contributed by atoms with van der Waals surface area (Å²) < 4.78 is 24.9. The number of phenols is 1. The minimum absolute atomic E-state index is 0.281. The molecule has 0 aliphatic carbocycles. The van der Waals surface area contributed by atoms with Gasteiger partial charge in [0.25, 0.3) is 0 Å². The Morgan fingerprint density at radius 1 is 1.45 bits per heavy atom. The van der Waals surface area contributed by atoms with E-state index in [1.165, 1.54) is 13.0 Å². The minimum atomic E-state index is -1.18. The summed E-state index contributed by atoms with van der Waals surface area (Å²) in [6.07, 6.45) is -1.18. The van der Waals surface area contributed by atoms with Gasteiger partial charge >= 0.3 is 0 Å². The molecule has 0 amide bonds. The highest BCUT2D eigenvalue weighted by Gasteiger charge is 2.05. The summed E-state index contributed by atoms with van der Waals surface area (Å²) in [7, 11) is 0. The summed E-state index contributed by atoms with van der Waals surface area (Å²) in [6, 6.07) is 3.43. The maximum absolute atomic E-state index is 12.5. The molecule has 1 N–H and O–H groups in total. The van der Waals surface area contributed by atoms with Gasteiger partial charge in [-0.25, -0.2) is 8.78 Å². The van der Waals surface area contributed by atoms with Crippen LogP contribution in [-0.2, 0) is 0 Å². The third kappa shape index (κ3) is 1.67. The summed E-state index contributed by atoms with van der Waals surface area (Å²) in [5.74, 6) is -1.23. The molecule has 0 radical (unpaired) electrons. The largest absolute Gasteiger partial charge is 0.505 e. The van der Waals surface area contributed by atoms with Crippen LogP contribution in [0.15, 0.2) is 18.2 Å². The summed E-state index contributed by atoms with van der Waals surface area (Å²) in [4.78, 5) is 0. The first kappa shape index (κ1) is 7.98. The molecule has 1 rings (SSSR count). The number of alkyl halides is 1. The number of rotatable bonds is 1. The van der Waals surface area contributed by atoms with Crippen molar-refractivity contribution in [2.45, 2.75) is 13.1 Å². The molecule has 0 aliphatic rings. The highest BCUT2D eigenvalue weighted by molar-refractivity contribution is 5.29. The second-order valence-corrected chi connectivity index (χ2v) is 2.33. The van der Waals surface area contributed by atoms with Crippen molar-refractivity contribution in [1.82, 2.24) is 0 Å². The lowest BCUT2D eigenvalue weighted by Gasteiger charge is -2.02. The van der Waals surface area contributed by atoms with E-state index in [4.69, 9.17) is 5.11 Å². The van der Waals surface area contributed by atoms with Crippen molar-refractivity contribution >= 4 is 0 Å². The van der Waals surface area contributed by atoms with Gasteiger partial charge < -0.3 is 5.11 Å². The van der Waals surface area contributed by atoms with Gasteiger partial charge in [-0.3, -0.25) is 0 Å². The lowest BCUT2D eigenvalue weighted by atomic mass is 10.1. The molecule has 60 valence electrons. The van der Waals surface area contributed by atoms with E-state index in [9.17, 15) is 8.78 Å². The molecule has 1 aromatic carbocycles. The minimum Gasteiger partial charge on any atom is -0.505 e. The van der Waals surface area contributed by atoms with Crippen molar-refractivity contribution in [2.24, 2.45) is 0 Å². The molecule has 11 heavy (non-hydrogen) atoms. The van der Waals surface area contributed by atoms with Crippen molar-refractivity contribution < 1.29 is 13.9 Å². The molecule has 1 aromatic rings. The van der Waals surface area contributed by atoms with Crippen LogP contribution in [0.4, 0.5) is 8.78 Å². The van der Waals surface area contributed by atoms with Gasteiger partial charge in [-0.1, -0.05) is 6.07 Å². The maximum Gasteiger partial charge on any atom is 0.164 e. The predicted octanol–water partition coefficient (Wildman–Crippen LogP) is 2.56. The first-order valence-electron chi connectivity index (χ1n) is 3.23. The van der Waals surface area contributed by atoms with E-state index in [0.717, 1.165) is 12.1 Å². The Morgan fingerprint density at radius 3 is 2.55 bits per heavy atom. The Bertz CT molecular complexity index is 258. The third-order valence-corrected chi connectivity index (χ3v) is 1.43. The fraction of sp³-hybridized carbons (Fsp3) is 0.250. The molecule has 0 aromatic heterocycles. The zero-order valence-electron chi connectivity index (χ0n) is 6.01. The maximum atomic E-state index is 12.5. The second kappa shape index (κ2) is 2.86. The highest BCUT2D eigenvalue weighted by Crippen LogP contribution is 2.22. The fourth-order valence-corrected chi connectivity index (χ4v) is 0.777. The molecule has 0 aliphatic heterocycles. The molecule has 1 unspecified atom stereocenters. The van der Waals surface area contributed by atoms with Gasteiger partial charge in [0, 0.05) is 0 Å². The van der Waals surface area contributed by atoms with Crippen molar-refractivity contribution in [3.05, 3.63) is 29.6 Å². The molecule has 1 nitrogen and oxygen atoms in total. The van der Waals surface area contributed by atoms with Crippen molar-refractivity contribution in [3.8, 4) is 5.75 Å². The van der Waals surface area contributed by atoms with Crippen LogP contribution < -0.4 is 0 Å². The van der Waals surface area contributed by atoms with Crippen LogP contribution in [0.3, 0.4) is 0 Å². The fourth-order valence-electron chi connectivity index (χ4n) is 0.777. The van der Waals surface area contributed by atoms with Crippen LogP contribution in [0, 0.1) is 5.82 Å². The van der Waals surface area contributed by atoms with Gasteiger partial charge in [0.05, 0.1) is 0 Å². The van der Waals surface area contributed by atoms with Gasteiger partial charge in [0.2, 0.25) is 0 Å². The molecule has 0 saturated heterocycles. The third-order valence-electron chi connectivity index (χ3n) is 1.43. The van der Waals surface area contributed by atoms with Crippen molar-refractivity contribution in [1.29, 1.82) is 0 Å².